The molecule has 0 aromatic carbocycles. The number of sulfone groups is 1. The lowest BCUT2D eigenvalue weighted by molar-refractivity contribution is -0.119. The summed E-state index contributed by atoms with van der Waals surface area (Å²) in [6.45, 7) is 7.68. The lowest BCUT2D eigenvalue weighted by Crippen LogP contribution is -2.19. The number of carbonyl (C=O) groups excluding carboxylic acids is 2. The zero-order valence-corrected chi connectivity index (χ0v) is 18.7. The van der Waals surface area contributed by atoms with Crippen LogP contribution in [-0.4, -0.2) is 42.5 Å². The summed E-state index contributed by atoms with van der Waals surface area (Å²) in [5.74, 6) is 2.88. The predicted octanol–water partition coefficient (Wildman–Crippen LogP) is 4.85. The van der Waals surface area contributed by atoms with Crippen molar-refractivity contribution in [3.05, 3.63) is 0 Å². The van der Waals surface area contributed by atoms with Gasteiger partial charge in [0.25, 0.3) is 0 Å². The van der Waals surface area contributed by atoms with Crippen LogP contribution in [0.1, 0.15) is 85.5 Å². The number of ketones is 2. The van der Waals surface area contributed by atoms with Gasteiger partial charge in [-0.1, -0.05) is 20.3 Å². The Kier molecular flexibility index (Phi) is 14.5. The van der Waals surface area contributed by atoms with Crippen molar-refractivity contribution in [1.82, 2.24) is 0 Å². The molecule has 4 nitrogen and oxygen atoms in total. The van der Waals surface area contributed by atoms with Crippen LogP contribution in [0.3, 0.4) is 0 Å². The van der Waals surface area contributed by atoms with Crippen LogP contribution in [0.2, 0.25) is 0 Å². The Labute approximate surface area is 165 Å². The van der Waals surface area contributed by atoms with Crippen LogP contribution in [0.25, 0.3) is 0 Å². The largest absolute Gasteiger partial charge is 0.300 e. The first kappa shape index (κ1) is 25.6. The van der Waals surface area contributed by atoms with Crippen molar-refractivity contribution >= 4 is 33.2 Å². The first-order valence-corrected chi connectivity index (χ1v) is 12.8. The molecule has 0 saturated heterocycles. The molecule has 0 aliphatic rings. The van der Waals surface area contributed by atoms with Crippen molar-refractivity contribution in [3.63, 3.8) is 0 Å². The SMILES string of the molecule is CC(C)CCC(=O)CCCCCC(=O)CCCSCCS(=O)(=O)C(C)C. The molecule has 0 aliphatic carbocycles. The zero-order chi connectivity index (χ0) is 20.0. The number of hydrogen-bond donors (Lipinski definition) is 0. The Balaban J connectivity index is 3.52. The number of carbonyl (C=O) groups is 2. The van der Waals surface area contributed by atoms with Gasteiger partial charge in [-0.05, 0) is 51.2 Å². The molecular weight excluding hydrogens is 368 g/mol. The van der Waals surface area contributed by atoms with Gasteiger partial charge in [0.05, 0.1) is 11.0 Å². The third-order valence-corrected chi connectivity index (χ3v) is 7.92. The normalized spacial score (nSPS) is 12.1. The maximum Gasteiger partial charge on any atom is 0.153 e. The molecule has 0 bridgehead atoms. The zero-order valence-electron chi connectivity index (χ0n) is 17.1. The summed E-state index contributed by atoms with van der Waals surface area (Å²) >= 11 is 1.61. The molecule has 0 saturated carbocycles. The number of Topliss-reactive ketones (excluding diaryl/α,β-unsaturated/α-hetero) is 2. The van der Waals surface area contributed by atoms with Gasteiger partial charge in [-0.3, -0.25) is 9.59 Å². The van der Waals surface area contributed by atoms with E-state index in [0.29, 0.717) is 43.1 Å². The van der Waals surface area contributed by atoms with Crippen molar-refractivity contribution in [2.45, 2.75) is 90.7 Å². The third-order valence-electron chi connectivity index (χ3n) is 4.39. The van der Waals surface area contributed by atoms with Gasteiger partial charge in [0.1, 0.15) is 11.6 Å². The van der Waals surface area contributed by atoms with Crippen LogP contribution in [0.4, 0.5) is 0 Å². The number of unbranched alkanes of at least 4 members (excludes halogenated alkanes) is 2. The van der Waals surface area contributed by atoms with Gasteiger partial charge in [0.15, 0.2) is 9.84 Å². The predicted molar refractivity (Wildman–Crippen MR) is 113 cm³/mol. The Hall–Kier alpha value is -0.360. The minimum atomic E-state index is -2.95. The highest BCUT2D eigenvalue weighted by Crippen LogP contribution is 2.12. The fraction of sp³-hybridized carbons (Fsp3) is 0.900. The molecule has 26 heavy (non-hydrogen) atoms. The van der Waals surface area contributed by atoms with E-state index in [-0.39, 0.29) is 16.8 Å². The van der Waals surface area contributed by atoms with E-state index in [2.05, 4.69) is 13.8 Å². The van der Waals surface area contributed by atoms with Gasteiger partial charge in [0.2, 0.25) is 0 Å². The van der Waals surface area contributed by atoms with Crippen LogP contribution >= 0.6 is 11.8 Å². The second-order valence-corrected chi connectivity index (χ2v) is 11.6. The molecule has 0 aliphatic heterocycles. The highest BCUT2D eigenvalue weighted by molar-refractivity contribution is 8.00. The summed E-state index contributed by atoms with van der Waals surface area (Å²) in [5.41, 5.74) is 0. The van der Waals surface area contributed by atoms with Gasteiger partial charge in [-0.25, -0.2) is 8.42 Å². The molecular formula is C20H38O4S2. The van der Waals surface area contributed by atoms with E-state index in [1.54, 1.807) is 25.6 Å². The van der Waals surface area contributed by atoms with Crippen molar-refractivity contribution in [2.75, 3.05) is 17.3 Å². The first-order valence-electron chi connectivity index (χ1n) is 9.98. The quantitative estimate of drug-likeness (QED) is 0.323. The van der Waals surface area contributed by atoms with Gasteiger partial charge in [-0.2, -0.15) is 11.8 Å². The van der Waals surface area contributed by atoms with Crippen LogP contribution in [-0.2, 0) is 19.4 Å². The molecule has 0 atom stereocenters. The molecule has 0 rings (SSSR count). The van der Waals surface area contributed by atoms with Crippen LogP contribution in [0, 0.1) is 5.92 Å². The van der Waals surface area contributed by atoms with E-state index < -0.39 is 9.84 Å². The van der Waals surface area contributed by atoms with E-state index >= 15 is 0 Å². The summed E-state index contributed by atoms with van der Waals surface area (Å²) in [6, 6.07) is 0. The highest BCUT2D eigenvalue weighted by atomic mass is 32.2. The van der Waals surface area contributed by atoms with Gasteiger partial charge < -0.3 is 0 Å². The molecule has 0 fully saturated rings. The summed E-state index contributed by atoms with van der Waals surface area (Å²) in [6.07, 6.45) is 7.02. The summed E-state index contributed by atoms with van der Waals surface area (Å²) < 4.78 is 23.3. The van der Waals surface area contributed by atoms with E-state index in [1.807, 2.05) is 0 Å². The second-order valence-electron chi connectivity index (χ2n) is 7.70. The van der Waals surface area contributed by atoms with Crippen LogP contribution in [0.5, 0.6) is 0 Å². The maximum absolute atomic E-state index is 11.8. The molecule has 154 valence electrons. The Bertz CT molecular complexity index is 496. The average Bonchev–Trinajstić information content (AvgIpc) is 2.55. The van der Waals surface area contributed by atoms with Crippen molar-refractivity contribution in [3.8, 4) is 0 Å². The molecule has 0 N–H and O–H groups in total. The lowest BCUT2D eigenvalue weighted by Gasteiger charge is -2.07. The van der Waals surface area contributed by atoms with E-state index in [9.17, 15) is 18.0 Å². The molecule has 6 heteroatoms. The Morgan fingerprint density at radius 1 is 0.769 bits per heavy atom. The molecule has 0 aromatic heterocycles. The maximum atomic E-state index is 11.8. The number of hydrogen-bond acceptors (Lipinski definition) is 5. The minimum absolute atomic E-state index is 0.221. The van der Waals surface area contributed by atoms with E-state index in [0.717, 1.165) is 37.9 Å². The number of rotatable bonds is 17. The molecule has 0 radical (unpaired) electrons. The standard InChI is InChI=1S/C20H38O4S2/c1-17(2)12-13-20(22)10-7-5-6-9-19(21)11-8-14-25-15-16-26(23,24)18(3)4/h17-18H,5-16H2,1-4H3. The average molecular weight is 407 g/mol. The molecule has 0 unspecified atom stereocenters. The highest BCUT2D eigenvalue weighted by Gasteiger charge is 2.15. The first-order chi connectivity index (χ1) is 12.1. The van der Waals surface area contributed by atoms with Crippen LogP contribution < -0.4 is 0 Å². The smallest absolute Gasteiger partial charge is 0.153 e. The van der Waals surface area contributed by atoms with Gasteiger partial charge >= 0.3 is 0 Å². The van der Waals surface area contributed by atoms with Crippen molar-refractivity contribution in [1.29, 1.82) is 0 Å². The van der Waals surface area contributed by atoms with E-state index in [1.165, 1.54) is 0 Å². The third kappa shape index (κ3) is 14.8. The molecule has 0 aromatic rings. The topological polar surface area (TPSA) is 68.3 Å². The van der Waals surface area contributed by atoms with E-state index in [4.69, 9.17) is 0 Å². The lowest BCUT2D eigenvalue weighted by atomic mass is 10.0. The minimum Gasteiger partial charge on any atom is -0.300 e. The second kappa shape index (κ2) is 14.7. The molecule has 0 amide bonds. The summed E-state index contributed by atoms with van der Waals surface area (Å²) in [7, 11) is -2.95. The van der Waals surface area contributed by atoms with Gasteiger partial charge in [0, 0.05) is 31.4 Å². The summed E-state index contributed by atoms with van der Waals surface area (Å²) in [5, 5.41) is -0.310. The van der Waals surface area contributed by atoms with Crippen LogP contribution in [0.15, 0.2) is 0 Å². The molecule has 0 spiro atoms. The fourth-order valence-corrected chi connectivity index (χ4v) is 4.83. The Morgan fingerprint density at radius 2 is 1.31 bits per heavy atom. The summed E-state index contributed by atoms with van der Waals surface area (Å²) in [4.78, 5) is 23.5. The van der Waals surface area contributed by atoms with Gasteiger partial charge in [-0.15, -0.1) is 0 Å². The monoisotopic (exact) mass is 406 g/mol. The number of thioether (sulfide) groups is 1. The van der Waals surface area contributed by atoms with Crippen molar-refractivity contribution in [2.24, 2.45) is 5.92 Å². The Morgan fingerprint density at radius 3 is 1.85 bits per heavy atom. The van der Waals surface area contributed by atoms with Crippen molar-refractivity contribution < 1.29 is 18.0 Å². The molecule has 0 heterocycles. The fourth-order valence-electron chi connectivity index (χ4n) is 2.41.